The van der Waals surface area contributed by atoms with E-state index in [1.54, 1.807) is 14.1 Å². The first-order valence-corrected chi connectivity index (χ1v) is 11.4. The van der Waals surface area contributed by atoms with E-state index in [1.165, 1.54) is 4.90 Å². The van der Waals surface area contributed by atoms with Gasteiger partial charge in [0.1, 0.15) is 0 Å². The van der Waals surface area contributed by atoms with Crippen molar-refractivity contribution in [3.05, 3.63) is 60.2 Å². The second kappa shape index (κ2) is 11.0. The maximum Gasteiger partial charge on any atom is 0.286 e. The molecule has 1 fully saturated rings. The number of amides is 3. The van der Waals surface area contributed by atoms with Crippen LogP contribution >= 0.6 is 11.8 Å². The van der Waals surface area contributed by atoms with E-state index in [1.807, 2.05) is 59.5 Å². The summed E-state index contributed by atoms with van der Waals surface area (Å²) in [5, 5.41) is 2.89. The number of nitrogens with one attached hydrogen (secondary N) is 1. The Morgan fingerprint density at radius 3 is 2.32 bits per heavy atom. The Morgan fingerprint density at radius 2 is 1.65 bits per heavy atom. The Kier molecular flexibility index (Phi) is 8.12. The van der Waals surface area contributed by atoms with E-state index in [2.05, 4.69) is 5.32 Å². The number of piperidine rings is 1. The summed E-state index contributed by atoms with van der Waals surface area (Å²) >= 11 is 1.09. The highest BCUT2D eigenvalue weighted by Gasteiger charge is 2.27. The van der Waals surface area contributed by atoms with Crippen LogP contribution in [0.2, 0.25) is 0 Å². The molecule has 1 saturated heterocycles. The molecule has 1 aliphatic heterocycles. The topological polar surface area (TPSA) is 69.7 Å². The average molecular weight is 440 g/mol. The highest BCUT2D eigenvalue weighted by atomic mass is 32.2. The number of hydrogen-bond donors (Lipinski definition) is 1. The van der Waals surface area contributed by atoms with Gasteiger partial charge in [0.05, 0.1) is 5.69 Å². The summed E-state index contributed by atoms with van der Waals surface area (Å²) in [6.07, 6.45) is 2.52. The van der Waals surface area contributed by atoms with Crippen molar-refractivity contribution >= 4 is 34.5 Å². The molecule has 0 unspecified atom stereocenters. The number of thioether (sulfide) groups is 1. The number of hydrogen-bond acceptors (Lipinski definition) is 4. The normalized spacial score (nSPS) is 14.2. The molecule has 2 aromatic rings. The standard InChI is InChI=1S/C24H29N3O3S/c1-26(2)24(30)31-21-11-7-6-10-20(21)25-23(29)19-14-16-27(17-15-19)22(28)13-12-18-8-4-3-5-9-18/h3-11,19H,12-17H2,1-2H3,(H,25,29). The van der Waals surface area contributed by atoms with E-state index in [0.717, 1.165) is 28.6 Å². The van der Waals surface area contributed by atoms with Crippen LogP contribution in [0.3, 0.4) is 0 Å². The first-order valence-electron chi connectivity index (χ1n) is 10.5. The number of anilines is 1. The summed E-state index contributed by atoms with van der Waals surface area (Å²) in [6.45, 7) is 1.20. The van der Waals surface area contributed by atoms with Crippen LogP contribution in [0.25, 0.3) is 0 Å². The van der Waals surface area contributed by atoms with Gasteiger partial charge in [-0.1, -0.05) is 42.5 Å². The van der Waals surface area contributed by atoms with E-state index in [-0.39, 0.29) is 23.0 Å². The Balaban J connectivity index is 1.49. The largest absolute Gasteiger partial charge is 0.343 e. The molecule has 1 heterocycles. The third kappa shape index (κ3) is 6.59. The summed E-state index contributed by atoms with van der Waals surface area (Å²) in [4.78, 5) is 41.5. The van der Waals surface area contributed by atoms with Crippen molar-refractivity contribution in [2.75, 3.05) is 32.5 Å². The van der Waals surface area contributed by atoms with Crippen molar-refractivity contribution in [1.29, 1.82) is 0 Å². The minimum absolute atomic E-state index is 0.0539. The smallest absolute Gasteiger partial charge is 0.286 e. The second-order valence-corrected chi connectivity index (χ2v) is 8.88. The van der Waals surface area contributed by atoms with E-state index in [9.17, 15) is 14.4 Å². The monoisotopic (exact) mass is 439 g/mol. The average Bonchev–Trinajstić information content (AvgIpc) is 2.79. The fraction of sp³-hybridized carbons (Fsp3) is 0.375. The minimum atomic E-state index is -0.138. The Labute approximate surface area is 188 Å². The van der Waals surface area contributed by atoms with E-state index in [0.29, 0.717) is 38.0 Å². The highest BCUT2D eigenvalue weighted by Crippen LogP contribution is 2.30. The van der Waals surface area contributed by atoms with Gasteiger partial charge in [-0.2, -0.15) is 0 Å². The van der Waals surface area contributed by atoms with E-state index in [4.69, 9.17) is 0 Å². The molecular formula is C24H29N3O3S. The Bertz CT molecular complexity index is 909. The van der Waals surface area contributed by atoms with Crippen LogP contribution in [0.5, 0.6) is 0 Å². The Morgan fingerprint density at radius 1 is 1.00 bits per heavy atom. The van der Waals surface area contributed by atoms with Crippen molar-refractivity contribution in [2.24, 2.45) is 5.92 Å². The molecule has 1 N–H and O–H groups in total. The summed E-state index contributed by atoms with van der Waals surface area (Å²) < 4.78 is 0. The molecule has 0 aliphatic carbocycles. The number of nitrogens with zero attached hydrogens (tertiary/aromatic N) is 2. The van der Waals surface area contributed by atoms with Crippen LogP contribution in [-0.2, 0) is 16.0 Å². The number of carbonyl (C=O) groups excluding carboxylic acids is 3. The summed E-state index contributed by atoms with van der Waals surface area (Å²) in [5.74, 6) is -0.0471. The third-order valence-corrected chi connectivity index (χ3v) is 6.51. The van der Waals surface area contributed by atoms with Gasteiger partial charge in [0.25, 0.3) is 5.24 Å². The van der Waals surface area contributed by atoms with Crippen molar-refractivity contribution in [3.63, 3.8) is 0 Å². The van der Waals surface area contributed by atoms with Crippen LogP contribution in [-0.4, -0.2) is 54.0 Å². The molecule has 7 heteroatoms. The zero-order valence-electron chi connectivity index (χ0n) is 18.0. The fourth-order valence-electron chi connectivity index (χ4n) is 3.52. The number of rotatable bonds is 6. The molecule has 164 valence electrons. The summed E-state index contributed by atoms with van der Waals surface area (Å²) in [6, 6.07) is 17.3. The van der Waals surface area contributed by atoms with Crippen molar-refractivity contribution in [1.82, 2.24) is 9.80 Å². The van der Waals surface area contributed by atoms with Gasteiger partial charge in [-0.15, -0.1) is 0 Å². The molecule has 0 spiro atoms. The molecule has 3 rings (SSSR count). The number of benzene rings is 2. The van der Waals surface area contributed by atoms with Gasteiger partial charge in [-0.05, 0) is 48.7 Å². The van der Waals surface area contributed by atoms with Crippen LogP contribution in [0.4, 0.5) is 10.5 Å². The summed E-state index contributed by atoms with van der Waals surface area (Å²) in [5.41, 5.74) is 1.81. The van der Waals surface area contributed by atoms with Gasteiger partial charge in [0.15, 0.2) is 0 Å². The maximum absolute atomic E-state index is 12.8. The molecule has 0 aromatic heterocycles. The SMILES string of the molecule is CN(C)C(=O)Sc1ccccc1NC(=O)C1CCN(C(=O)CCc2ccccc2)CC1. The second-order valence-electron chi connectivity index (χ2n) is 7.89. The first-order chi connectivity index (χ1) is 14.9. The number of likely N-dealkylation sites (tertiary alicyclic amines) is 1. The van der Waals surface area contributed by atoms with E-state index < -0.39 is 0 Å². The van der Waals surface area contributed by atoms with Crippen molar-refractivity contribution in [3.8, 4) is 0 Å². The fourth-order valence-corrected chi connectivity index (χ4v) is 4.27. The Hall–Kier alpha value is -2.80. The van der Waals surface area contributed by atoms with E-state index >= 15 is 0 Å². The van der Waals surface area contributed by atoms with Crippen LogP contribution in [0.15, 0.2) is 59.5 Å². The van der Waals surface area contributed by atoms with Crippen molar-refractivity contribution in [2.45, 2.75) is 30.6 Å². The van der Waals surface area contributed by atoms with Gasteiger partial charge in [0, 0.05) is 44.4 Å². The molecule has 0 bridgehead atoms. The lowest BCUT2D eigenvalue weighted by Crippen LogP contribution is -2.41. The molecule has 3 amide bonds. The minimum Gasteiger partial charge on any atom is -0.343 e. The molecule has 6 nitrogen and oxygen atoms in total. The number of aryl methyl sites for hydroxylation is 1. The van der Waals surface area contributed by atoms with Gasteiger partial charge >= 0.3 is 0 Å². The number of para-hydroxylation sites is 1. The van der Waals surface area contributed by atoms with Gasteiger partial charge < -0.3 is 15.1 Å². The zero-order chi connectivity index (χ0) is 22.2. The van der Waals surface area contributed by atoms with Gasteiger partial charge in [-0.25, -0.2) is 0 Å². The molecule has 2 aromatic carbocycles. The van der Waals surface area contributed by atoms with Crippen LogP contribution < -0.4 is 5.32 Å². The lowest BCUT2D eigenvalue weighted by atomic mass is 9.95. The highest BCUT2D eigenvalue weighted by molar-refractivity contribution is 8.13. The zero-order valence-corrected chi connectivity index (χ0v) is 18.9. The molecule has 0 radical (unpaired) electrons. The third-order valence-electron chi connectivity index (χ3n) is 5.40. The van der Waals surface area contributed by atoms with Crippen LogP contribution in [0.1, 0.15) is 24.8 Å². The van der Waals surface area contributed by atoms with Gasteiger partial charge in [0.2, 0.25) is 11.8 Å². The number of carbonyl (C=O) groups is 3. The molecule has 0 atom stereocenters. The van der Waals surface area contributed by atoms with Gasteiger partial charge in [-0.3, -0.25) is 14.4 Å². The molecule has 1 aliphatic rings. The molecule has 0 saturated carbocycles. The maximum atomic E-state index is 12.8. The lowest BCUT2D eigenvalue weighted by molar-refractivity contribution is -0.134. The predicted octanol–water partition coefficient (Wildman–Crippen LogP) is 4.27. The van der Waals surface area contributed by atoms with Crippen molar-refractivity contribution < 1.29 is 14.4 Å². The van der Waals surface area contributed by atoms with Crippen LogP contribution in [0, 0.1) is 5.92 Å². The predicted molar refractivity (Wildman–Crippen MR) is 124 cm³/mol. The lowest BCUT2D eigenvalue weighted by Gasteiger charge is -2.31. The quantitative estimate of drug-likeness (QED) is 0.683. The molecular weight excluding hydrogens is 410 g/mol. The molecule has 31 heavy (non-hydrogen) atoms. The first kappa shape index (κ1) is 22.9. The summed E-state index contributed by atoms with van der Waals surface area (Å²) in [7, 11) is 3.40.